The number of esters is 1. The Balaban J connectivity index is 3.03. The SMILES string of the molecule is COC(=O)c1ccc(N)c(C(O)C(O)CCN)c1. The Bertz CT molecular complexity index is 423. The standard InChI is InChI=1S/C12H18N2O4/c1-18-12(17)7-2-3-9(14)8(6-7)11(16)10(15)4-5-13/h2-3,6,10-11,15-16H,4-5,13-14H2,1H3. The Kier molecular flexibility index (Phi) is 5.08. The first kappa shape index (κ1) is 14.4. The van der Waals surface area contributed by atoms with Crippen molar-refractivity contribution in [1.29, 1.82) is 0 Å². The van der Waals surface area contributed by atoms with Gasteiger partial charge in [-0.2, -0.15) is 0 Å². The third-order valence-corrected chi connectivity index (χ3v) is 2.65. The molecule has 18 heavy (non-hydrogen) atoms. The van der Waals surface area contributed by atoms with E-state index in [1.54, 1.807) is 0 Å². The number of carbonyl (C=O) groups excluding carboxylic acids is 1. The molecule has 0 aliphatic carbocycles. The topological polar surface area (TPSA) is 119 Å². The smallest absolute Gasteiger partial charge is 0.337 e. The van der Waals surface area contributed by atoms with Crippen LogP contribution in [0.3, 0.4) is 0 Å². The van der Waals surface area contributed by atoms with Crippen molar-refractivity contribution < 1.29 is 19.7 Å². The molecule has 1 rings (SSSR count). The summed E-state index contributed by atoms with van der Waals surface area (Å²) in [5.74, 6) is -0.531. The summed E-state index contributed by atoms with van der Waals surface area (Å²) in [6.45, 7) is 0.245. The molecule has 0 aliphatic rings. The van der Waals surface area contributed by atoms with E-state index < -0.39 is 18.2 Å². The fourth-order valence-electron chi connectivity index (χ4n) is 1.61. The molecule has 0 bridgehead atoms. The van der Waals surface area contributed by atoms with Crippen LogP contribution in [0.1, 0.15) is 28.4 Å². The van der Waals surface area contributed by atoms with E-state index >= 15 is 0 Å². The maximum absolute atomic E-state index is 11.4. The first-order chi connectivity index (χ1) is 8.51. The molecule has 0 fully saturated rings. The summed E-state index contributed by atoms with van der Waals surface area (Å²) < 4.78 is 4.57. The molecule has 6 nitrogen and oxygen atoms in total. The Labute approximate surface area is 105 Å². The monoisotopic (exact) mass is 254 g/mol. The van der Waals surface area contributed by atoms with Crippen LogP contribution in [0, 0.1) is 0 Å². The van der Waals surface area contributed by atoms with E-state index in [9.17, 15) is 15.0 Å². The van der Waals surface area contributed by atoms with Crippen molar-refractivity contribution in [2.75, 3.05) is 19.4 Å². The largest absolute Gasteiger partial charge is 0.465 e. The van der Waals surface area contributed by atoms with Crippen LogP contribution in [0.5, 0.6) is 0 Å². The number of benzene rings is 1. The summed E-state index contributed by atoms with van der Waals surface area (Å²) in [6, 6.07) is 4.39. The molecule has 2 unspecified atom stereocenters. The van der Waals surface area contributed by atoms with E-state index in [0.717, 1.165) is 0 Å². The van der Waals surface area contributed by atoms with Gasteiger partial charge in [-0.15, -0.1) is 0 Å². The highest BCUT2D eigenvalue weighted by atomic mass is 16.5. The van der Waals surface area contributed by atoms with Gasteiger partial charge in [-0.3, -0.25) is 0 Å². The molecular formula is C12H18N2O4. The highest BCUT2D eigenvalue weighted by molar-refractivity contribution is 5.90. The molecule has 0 radical (unpaired) electrons. The van der Waals surface area contributed by atoms with E-state index in [2.05, 4.69) is 4.74 Å². The summed E-state index contributed by atoms with van der Waals surface area (Å²) in [7, 11) is 1.26. The lowest BCUT2D eigenvalue weighted by Crippen LogP contribution is -2.23. The van der Waals surface area contributed by atoms with Crippen molar-refractivity contribution in [1.82, 2.24) is 0 Å². The number of methoxy groups -OCH3 is 1. The Morgan fingerprint density at radius 2 is 2.11 bits per heavy atom. The van der Waals surface area contributed by atoms with Gasteiger partial charge in [0.1, 0.15) is 6.10 Å². The van der Waals surface area contributed by atoms with Crippen LogP contribution >= 0.6 is 0 Å². The molecule has 1 aromatic carbocycles. The van der Waals surface area contributed by atoms with Crippen LogP contribution in [0.4, 0.5) is 5.69 Å². The van der Waals surface area contributed by atoms with Crippen molar-refractivity contribution in [3.8, 4) is 0 Å². The van der Waals surface area contributed by atoms with Crippen molar-refractivity contribution >= 4 is 11.7 Å². The number of nitrogen functional groups attached to an aromatic ring is 1. The molecule has 0 aliphatic heterocycles. The van der Waals surface area contributed by atoms with E-state index in [4.69, 9.17) is 11.5 Å². The molecule has 1 aromatic rings. The average molecular weight is 254 g/mol. The normalized spacial score (nSPS) is 14.0. The lowest BCUT2D eigenvalue weighted by molar-refractivity contribution is 0.0153. The van der Waals surface area contributed by atoms with E-state index in [1.807, 2.05) is 0 Å². The Morgan fingerprint density at radius 1 is 1.44 bits per heavy atom. The minimum Gasteiger partial charge on any atom is -0.465 e. The molecule has 6 N–H and O–H groups in total. The molecule has 0 spiro atoms. The van der Waals surface area contributed by atoms with E-state index in [-0.39, 0.29) is 18.5 Å². The van der Waals surface area contributed by atoms with Gasteiger partial charge in [-0.05, 0) is 31.2 Å². The number of carbonyl (C=O) groups is 1. The number of hydrogen-bond acceptors (Lipinski definition) is 6. The zero-order valence-corrected chi connectivity index (χ0v) is 10.2. The lowest BCUT2D eigenvalue weighted by Gasteiger charge is -2.19. The molecule has 100 valence electrons. The van der Waals surface area contributed by atoms with Gasteiger partial charge in [0.25, 0.3) is 0 Å². The van der Waals surface area contributed by atoms with Gasteiger partial charge in [0, 0.05) is 11.3 Å². The fourth-order valence-corrected chi connectivity index (χ4v) is 1.61. The maximum atomic E-state index is 11.4. The minimum absolute atomic E-state index is 0.239. The van der Waals surface area contributed by atoms with Gasteiger partial charge < -0.3 is 26.4 Å². The van der Waals surface area contributed by atoms with E-state index in [1.165, 1.54) is 25.3 Å². The number of rotatable bonds is 5. The van der Waals surface area contributed by atoms with Crippen molar-refractivity contribution in [3.63, 3.8) is 0 Å². The molecule has 0 heterocycles. The summed E-state index contributed by atoms with van der Waals surface area (Å²) in [4.78, 5) is 11.4. The second-order valence-corrected chi connectivity index (χ2v) is 3.92. The van der Waals surface area contributed by atoms with Gasteiger partial charge in [0.2, 0.25) is 0 Å². The highest BCUT2D eigenvalue weighted by Crippen LogP contribution is 2.25. The Hall–Kier alpha value is -1.63. The molecule has 2 atom stereocenters. The van der Waals surface area contributed by atoms with Crippen molar-refractivity contribution in [2.24, 2.45) is 5.73 Å². The van der Waals surface area contributed by atoms with Crippen LogP contribution in [-0.2, 0) is 4.74 Å². The molecule has 0 saturated carbocycles. The fraction of sp³-hybridized carbons (Fsp3) is 0.417. The van der Waals surface area contributed by atoms with Crippen LogP contribution in [-0.4, -0.2) is 35.9 Å². The molecule has 0 saturated heterocycles. The van der Waals surface area contributed by atoms with Crippen LogP contribution < -0.4 is 11.5 Å². The summed E-state index contributed by atoms with van der Waals surface area (Å²) >= 11 is 0. The first-order valence-corrected chi connectivity index (χ1v) is 5.55. The summed E-state index contributed by atoms with van der Waals surface area (Å²) in [6.07, 6.45) is -1.97. The Morgan fingerprint density at radius 3 is 2.67 bits per heavy atom. The van der Waals surface area contributed by atoms with Gasteiger partial charge >= 0.3 is 5.97 Å². The van der Waals surface area contributed by atoms with Gasteiger partial charge in [0.05, 0.1) is 18.8 Å². The van der Waals surface area contributed by atoms with Crippen LogP contribution in [0.2, 0.25) is 0 Å². The van der Waals surface area contributed by atoms with Gasteiger partial charge in [-0.1, -0.05) is 0 Å². The molecular weight excluding hydrogens is 236 g/mol. The van der Waals surface area contributed by atoms with Crippen LogP contribution in [0.15, 0.2) is 18.2 Å². The number of ether oxygens (including phenoxy) is 1. The van der Waals surface area contributed by atoms with E-state index in [0.29, 0.717) is 11.3 Å². The highest BCUT2D eigenvalue weighted by Gasteiger charge is 2.21. The van der Waals surface area contributed by atoms with Crippen molar-refractivity contribution in [3.05, 3.63) is 29.3 Å². The van der Waals surface area contributed by atoms with Crippen molar-refractivity contribution in [2.45, 2.75) is 18.6 Å². The number of anilines is 1. The number of aliphatic hydroxyl groups is 2. The second-order valence-electron chi connectivity index (χ2n) is 3.92. The summed E-state index contributed by atoms with van der Waals surface area (Å²) in [5.41, 5.74) is 11.9. The number of nitrogens with two attached hydrogens (primary N) is 2. The second kappa shape index (κ2) is 6.34. The summed E-state index contributed by atoms with van der Waals surface area (Å²) in [5, 5.41) is 19.6. The third kappa shape index (κ3) is 3.19. The predicted molar refractivity (Wildman–Crippen MR) is 66.8 cm³/mol. The molecule has 0 amide bonds. The minimum atomic E-state index is -1.18. The predicted octanol–water partition coefficient (Wildman–Crippen LogP) is -0.202. The zero-order valence-electron chi connectivity index (χ0n) is 10.2. The number of hydrogen-bond donors (Lipinski definition) is 4. The lowest BCUT2D eigenvalue weighted by atomic mass is 9.98. The zero-order chi connectivity index (χ0) is 13.7. The molecule has 0 aromatic heterocycles. The first-order valence-electron chi connectivity index (χ1n) is 5.55. The average Bonchev–Trinajstić information content (AvgIpc) is 2.37. The maximum Gasteiger partial charge on any atom is 0.337 e. The quantitative estimate of drug-likeness (QED) is 0.427. The third-order valence-electron chi connectivity index (χ3n) is 2.65. The van der Waals surface area contributed by atoms with Gasteiger partial charge in [-0.25, -0.2) is 4.79 Å². The number of aliphatic hydroxyl groups excluding tert-OH is 2. The molecule has 6 heteroatoms. The van der Waals surface area contributed by atoms with Crippen LogP contribution in [0.25, 0.3) is 0 Å². The van der Waals surface area contributed by atoms with Gasteiger partial charge in [0.15, 0.2) is 0 Å².